The molecule has 0 spiro atoms. The summed E-state index contributed by atoms with van der Waals surface area (Å²) in [6.45, 7) is 2.76. The van der Waals surface area contributed by atoms with Crippen LogP contribution in [0.15, 0.2) is 24.3 Å². The second-order valence-electron chi connectivity index (χ2n) is 4.02. The van der Waals surface area contributed by atoms with Gasteiger partial charge in [0.25, 0.3) is 5.91 Å². The Morgan fingerprint density at radius 1 is 1.26 bits per heavy atom. The van der Waals surface area contributed by atoms with Crippen LogP contribution in [-0.4, -0.2) is 51.5 Å². The molecule has 0 saturated carbocycles. The number of carbonyl (C=O) groups is 1. The number of hydrogen-bond acceptors (Lipinski definition) is 4. The lowest BCUT2D eigenvalue weighted by atomic mass is 10.2. The zero-order valence-corrected chi connectivity index (χ0v) is 11.9. The van der Waals surface area contributed by atoms with E-state index in [0.717, 1.165) is 0 Å². The Hall–Kier alpha value is -1.59. The maximum Gasteiger partial charge on any atom is 0.257 e. The number of benzene rings is 1. The summed E-state index contributed by atoms with van der Waals surface area (Å²) in [5, 5.41) is 0. The molecule has 0 N–H and O–H groups in total. The van der Waals surface area contributed by atoms with Crippen molar-refractivity contribution in [3.05, 3.63) is 29.8 Å². The molecule has 5 heteroatoms. The first-order chi connectivity index (χ1) is 9.13. The maximum atomic E-state index is 12.3. The van der Waals surface area contributed by atoms with Gasteiger partial charge in [-0.25, -0.2) is 0 Å². The van der Waals surface area contributed by atoms with Crippen molar-refractivity contribution >= 4 is 5.91 Å². The van der Waals surface area contributed by atoms with Gasteiger partial charge < -0.3 is 19.1 Å². The van der Waals surface area contributed by atoms with E-state index in [1.807, 2.05) is 19.1 Å². The van der Waals surface area contributed by atoms with Crippen molar-refractivity contribution in [2.75, 3.05) is 34.4 Å². The van der Waals surface area contributed by atoms with E-state index >= 15 is 0 Å². The second-order valence-corrected chi connectivity index (χ2v) is 4.02. The summed E-state index contributed by atoms with van der Waals surface area (Å²) < 4.78 is 15.6. The molecule has 0 aromatic heterocycles. The van der Waals surface area contributed by atoms with Gasteiger partial charge in [0.15, 0.2) is 6.29 Å². The Bertz CT molecular complexity index is 404. The third-order valence-corrected chi connectivity index (χ3v) is 2.71. The van der Waals surface area contributed by atoms with Gasteiger partial charge in [0, 0.05) is 21.3 Å². The van der Waals surface area contributed by atoms with E-state index in [1.54, 1.807) is 38.3 Å². The molecule has 0 radical (unpaired) electrons. The minimum atomic E-state index is -0.437. The summed E-state index contributed by atoms with van der Waals surface area (Å²) in [5.74, 6) is 0.469. The Morgan fingerprint density at radius 3 is 2.47 bits per heavy atom. The van der Waals surface area contributed by atoms with Gasteiger partial charge in [-0.3, -0.25) is 4.79 Å². The van der Waals surface area contributed by atoms with E-state index in [2.05, 4.69) is 0 Å². The summed E-state index contributed by atoms with van der Waals surface area (Å²) in [6.07, 6.45) is -0.437. The van der Waals surface area contributed by atoms with E-state index in [9.17, 15) is 4.79 Å². The van der Waals surface area contributed by atoms with Crippen molar-refractivity contribution in [3.8, 4) is 5.75 Å². The molecule has 0 heterocycles. The average Bonchev–Trinajstić information content (AvgIpc) is 2.44. The molecule has 1 aromatic carbocycles. The van der Waals surface area contributed by atoms with Crippen LogP contribution in [-0.2, 0) is 9.47 Å². The monoisotopic (exact) mass is 267 g/mol. The van der Waals surface area contributed by atoms with E-state index in [0.29, 0.717) is 24.5 Å². The van der Waals surface area contributed by atoms with Gasteiger partial charge in [-0.1, -0.05) is 12.1 Å². The number of carbonyl (C=O) groups excluding carboxylic acids is 1. The molecule has 0 aliphatic heterocycles. The van der Waals surface area contributed by atoms with Crippen molar-refractivity contribution in [2.24, 2.45) is 0 Å². The van der Waals surface area contributed by atoms with Gasteiger partial charge >= 0.3 is 0 Å². The topological polar surface area (TPSA) is 48.0 Å². The van der Waals surface area contributed by atoms with Crippen LogP contribution in [0, 0.1) is 0 Å². The van der Waals surface area contributed by atoms with Crippen molar-refractivity contribution in [1.29, 1.82) is 0 Å². The van der Waals surface area contributed by atoms with Gasteiger partial charge in [0.05, 0.1) is 18.7 Å². The minimum Gasteiger partial charge on any atom is -0.493 e. The van der Waals surface area contributed by atoms with Crippen LogP contribution >= 0.6 is 0 Å². The molecule has 1 amide bonds. The average molecular weight is 267 g/mol. The molecule has 1 rings (SSSR count). The first-order valence-corrected chi connectivity index (χ1v) is 6.16. The summed E-state index contributed by atoms with van der Waals surface area (Å²) in [7, 11) is 4.79. The maximum absolute atomic E-state index is 12.3. The molecule has 0 aliphatic rings. The lowest BCUT2D eigenvalue weighted by Crippen LogP contribution is -2.36. The molecule has 106 valence electrons. The first-order valence-electron chi connectivity index (χ1n) is 6.16. The predicted octanol–water partition coefficient (Wildman–Crippen LogP) is 1.78. The highest BCUT2D eigenvalue weighted by Gasteiger charge is 2.19. The van der Waals surface area contributed by atoms with Gasteiger partial charge in [-0.05, 0) is 19.1 Å². The number of para-hydroxylation sites is 1. The third-order valence-electron chi connectivity index (χ3n) is 2.71. The molecule has 1 aromatic rings. The summed E-state index contributed by atoms with van der Waals surface area (Å²) >= 11 is 0. The fourth-order valence-electron chi connectivity index (χ4n) is 1.68. The van der Waals surface area contributed by atoms with E-state index in [4.69, 9.17) is 14.2 Å². The SMILES string of the molecule is CCOc1ccccc1C(=O)N(C)CC(OC)OC. The van der Waals surface area contributed by atoms with E-state index in [-0.39, 0.29) is 5.91 Å². The smallest absolute Gasteiger partial charge is 0.257 e. The van der Waals surface area contributed by atoms with Crippen molar-refractivity contribution in [2.45, 2.75) is 13.2 Å². The van der Waals surface area contributed by atoms with E-state index in [1.165, 1.54) is 0 Å². The normalized spacial score (nSPS) is 10.6. The zero-order valence-electron chi connectivity index (χ0n) is 11.9. The Labute approximate surface area is 114 Å². The molecule has 0 atom stereocenters. The van der Waals surface area contributed by atoms with Gasteiger partial charge in [0.1, 0.15) is 5.75 Å². The van der Waals surface area contributed by atoms with E-state index < -0.39 is 6.29 Å². The molecule has 0 unspecified atom stereocenters. The molecular weight excluding hydrogens is 246 g/mol. The minimum absolute atomic E-state index is 0.122. The van der Waals surface area contributed by atoms with Gasteiger partial charge in [-0.2, -0.15) is 0 Å². The Balaban J connectivity index is 2.81. The van der Waals surface area contributed by atoms with Crippen molar-refractivity contribution in [1.82, 2.24) is 4.90 Å². The van der Waals surface area contributed by atoms with Crippen LogP contribution in [0.25, 0.3) is 0 Å². The van der Waals surface area contributed by atoms with Crippen LogP contribution in [0.1, 0.15) is 17.3 Å². The summed E-state index contributed by atoms with van der Waals surface area (Å²) in [4.78, 5) is 13.9. The number of amides is 1. The molecule has 0 aliphatic carbocycles. The van der Waals surface area contributed by atoms with Crippen LogP contribution in [0.5, 0.6) is 5.75 Å². The van der Waals surface area contributed by atoms with Gasteiger partial charge in [0.2, 0.25) is 0 Å². The van der Waals surface area contributed by atoms with Crippen LogP contribution in [0.3, 0.4) is 0 Å². The van der Waals surface area contributed by atoms with Crippen LogP contribution in [0.2, 0.25) is 0 Å². The molecule has 19 heavy (non-hydrogen) atoms. The number of nitrogens with zero attached hydrogens (tertiary/aromatic N) is 1. The number of likely N-dealkylation sites (N-methyl/N-ethyl adjacent to an activating group) is 1. The third kappa shape index (κ3) is 4.22. The fraction of sp³-hybridized carbons (Fsp3) is 0.500. The Kier molecular flexibility index (Phi) is 6.32. The number of methoxy groups -OCH3 is 2. The standard InChI is InChI=1S/C14H21NO4/c1-5-19-12-9-7-6-8-11(12)14(16)15(2)10-13(17-3)18-4/h6-9,13H,5,10H2,1-4H3. The quantitative estimate of drug-likeness (QED) is 0.706. The van der Waals surface area contributed by atoms with Crippen molar-refractivity contribution < 1.29 is 19.0 Å². The predicted molar refractivity (Wildman–Crippen MR) is 72.4 cm³/mol. The number of hydrogen-bond donors (Lipinski definition) is 0. The highest BCUT2D eigenvalue weighted by atomic mass is 16.7. The summed E-state index contributed by atoms with van der Waals surface area (Å²) in [6, 6.07) is 7.19. The second kappa shape index (κ2) is 7.76. The highest BCUT2D eigenvalue weighted by molar-refractivity contribution is 5.96. The van der Waals surface area contributed by atoms with Gasteiger partial charge in [-0.15, -0.1) is 0 Å². The largest absolute Gasteiger partial charge is 0.493 e. The fourth-order valence-corrected chi connectivity index (χ4v) is 1.68. The number of rotatable bonds is 7. The zero-order chi connectivity index (χ0) is 14.3. The molecular formula is C14H21NO4. The molecule has 0 saturated heterocycles. The van der Waals surface area contributed by atoms with Crippen molar-refractivity contribution in [3.63, 3.8) is 0 Å². The molecule has 5 nitrogen and oxygen atoms in total. The van der Waals surface area contributed by atoms with Crippen LogP contribution < -0.4 is 4.74 Å². The lowest BCUT2D eigenvalue weighted by molar-refractivity contribution is -0.110. The van der Waals surface area contributed by atoms with Crippen LogP contribution in [0.4, 0.5) is 0 Å². The number of ether oxygens (including phenoxy) is 3. The lowest BCUT2D eigenvalue weighted by Gasteiger charge is -2.23. The summed E-state index contributed by atoms with van der Waals surface area (Å²) in [5.41, 5.74) is 0.540. The first kappa shape index (κ1) is 15.5. The Morgan fingerprint density at radius 2 is 1.89 bits per heavy atom. The highest BCUT2D eigenvalue weighted by Crippen LogP contribution is 2.19. The molecule has 0 fully saturated rings. The molecule has 0 bridgehead atoms.